The van der Waals surface area contributed by atoms with Gasteiger partial charge in [-0.25, -0.2) is 9.56 Å². The van der Waals surface area contributed by atoms with Crippen molar-refractivity contribution < 1.29 is 18.8 Å². The number of fused-ring (bicyclic) bond motifs is 6. The van der Waals surface area contributed by atoms with Gasteiger partial charge >= 0.3 is 0 Å². The van der Waals surface area contributed by atoms with Gasteiger partial charge in [0.2, 0.25) is 5.36 Å². The number of azo groups is 1. The molecule has 0 saturated carbocycles. The molecule has 1 aromatic heterocycles. The molecule has 0 radical (unpaired) electrons. The zero-order valence-corrected chi connectivity index (χ0v) is 66.9. The Labute approximate surface area is 644 Å². The van der Waals surface area contributed by atoms with Crippen LogP contribution in [-0.2, 0) is 0 Å². The number of nitrogen functional groups attached to an aromatic ring is 1. The number of anilines is 7. The number of nitro groups is 1. The first-order valence-corrected chi connectivity index (χ1v) is 37.4. The van der Waals surface area contributed by atoms with E-state index in [1.54, 1.807) is 12.1 Å². The van der Waals surface area contributed by atoms with Crippen LogP contribution >= 0.6 is 45.2 Å². The first kappa shape index (κ1) is 78.6. The van der Waals surface area contributed by atoms with E-state index >= 15 is 0 Å². The number of hydrogen-bond donors (Lipinski definition) is 1. The van der Waals surface area contributed by atoms with Crippen molar-refractivity contribution in [3.63, 3.8) is 0 Å². The quantitative estimate of drug-likeness (QED) is 0.0119. The topological polar surface area (TPSA) is 161 Å². The van der Waals surface area contributed by atoms with Crippen molar-refractivity contribution in [1.29, 1.82) is 0 Å². The molecular formula is C86H95I2N12O5+. The minimum atomic E-state index is -0.442. The van der Waals surface area contributed by atoms with Crippen LogP contribution in [0.15, 0.2) is 251 Å². The summed E-state index contributed by atoms with van der Waals surface area (Å²) >= 11 is 4.54. The van der Waals surface area contributed by atoms with E-state index in [1.165, 1.54) is 52.5 Å². The van der Waals surface area contributed by atoms with Crippen LogP contribution < -0.4 is 54.5 Å². The molecule has 542 valence electrons. The number of hydrogen-bond acceptors (Lipinski definition) is 15. The lowest BCUT2D eigenvalue weighted by Crippen LogP contribution is -2.29. The molecule has 105 heavy (non-hydrogen) atoms. The predicted octanol–water partition coefficient (Wildman–Crippen LogP) is 21.7. The smallest absolute Gasteiger partial charge is 0.269 e. The number of nitro benzene ring substituents is 1. The van der Waals surface area contributed by atoms with Gasteiger partial charge in [-0.05, 0) is 248 Å². The standard InChI is InChI=1S/C28H29N5O3.C22H24N3O.C22H26N2O.C8H10IN.C6H6IN/c1-5-32(6-2)24-14-16-25-20(18-24)8-7-9-27(25)36-28-19-23(31(3)4)15-17-26(28)30-29-21-10-12-22(13-11-21)33(34)35;1-5-25(6-2)17-8-10-18-15(13-17)7-11-20-22(18)26-21-14-16(24(3)4)9-12-19(21)23-20;1-5-24(6-2)19-13-14-21-17(15-19)9-7-12-22(21)25-20-11-8-10-18(16-20)23(3)4;1-10(2)8-5-3-4-7(9)6-8;7-5-2-1-3-6(8)4-5/h7-19H,5-6H2,1-4H3;7-14H,5-6H2,1-4H3;7-16H,5-6H2,1-4H3;3-6H,1-2H3;1-4H,8H2/q;+1;;;. The average Bonchev–Trinajstić information content (AvgIpc) is 0.760. The molecule has 0 bridgehead atoms. The molecule has 17 nitrogen and oxygen atoms in total. The van der Waals surface area contributed by atoms with Crippen molar-refractivity contribution in [2.24, 2.45) is 10.2 Å². The van der Waals surface area contributed by atoms with Crippen LogP contribution in [0, 0.1) is 17.3 Å². The second-order valence-corrected chi connectivity index (χ2v) is 28.0. The van der Waals surface area contributed by atoms with Gasteiger partial charge in [-0.15, -0.1) is 5.11 Å². The predicted molar refractivity (Wildman–Crippen MR) is 461 cm³/mol. The third kappa shape index (κ3) is 21.1. The van der Waals surface area contributed by atoms with Gasteiger partial charge in [0, 0.05) is 188 Å². The highest BCUT2D eigenvalue weighted by molar-refractivity contribution is 14.1. The van der Waals surface area contributed by atoms with Gasteiger partial charge < -0.3 is 49.0 Å². The molecule has 1 heterocycles. The maximum absolute atomic E-state index is 10.9. The van der Waals surface area contributed by atoms with Crippen molar-refractivity contribution in [2.75, 3.05) is 131 Å². The van der Waals surface area contributed by atoms with Crippen LogP contribution in [0.1, 0.15) is 41.5 Å². The Morgan fingerprint density at radius 2 is 0.943 bits per heavy atom. The molecule has 0 aliphatic rings. The van der Waals surface area contributed by atoms with Gasteiger partial charge in [-0.1, -0.05) is 48.5 Å². The fourth-order valence-corrected chi connectivity index (χ4v) is 12.8. The number of nitrogens with two attached hydrogens (primary N) is 1. The van der Waals surface area contributed by atoms with E-state index in [2.05, 4.69) is 247 Å². The molecule has 12 aromatic carbocycles. The van der Waals surface area contributed by atoms with Gasteiger partial charge in [-0.3, -0.25) is 10.1 Å². The Balaban J connectivity index is 0.000000165. The van der Waals surface area contributed by atoms with Gasteiger partial charge in [0.05, 0.1) is 10.6 Å². The molecule has 0 fully saturated rings. The summed E-state index contributed by atoms with van der Waals surface area (Å²) < 4.78 is 23.7. The molecule has 0 aliphatic heterocycles. The highest BCUT2D eigenvalue weighted by Crippen LogP contribution is 2.40. The van der Waals surface area contributed by atoms with Crippen LogP contribution in [0.4, 0.5) is 56.9 Å². The first-order chi connectivity index (χ1) is 50.6. The minimum Gasteiger partial charge on any atom is -0.457 e. The van der Waals surface area contributed by atoms with E-state index in [0.29, 0.717) is 17.1 Å². The highest BCUT2D eigenvalue weighted by atomic mass is 127. The molecule has 19 heteroatoms. The zero-order chi connectivity index (χ0) is 75.3. The van der Waals surface area contributed by atoms with Gasteiger partial charge in [0.25, 0.3) is 5.69 Å². The first-order valence-electron chi connectivity index (χ1n) is 35.2. The number of ether oxygens (including phenoxy) is 2. The maximum atomic E-state index is 10.9. The molecule has 0 saturated heterocycles. The number of rotatable bonds is 19. The van der Waals surface area contributed by atoms with E-state index in [9.17, 15) is 10.1 Å². The Kier molecular flexibility index (Phi) is 28.3. The normalized spacial score (nSPS) is 10.8. The van der Waals surface area contributed by atoms with E-state index in [0.717, 1.165) is 123 Å². The lowest BCUT2D eigenvalue weighted by atomic mass is 10.1. The van der Waals surface area contributed by atoms with Crippen LogP contribution in [-0.4, -0.2) is 106 Å². The van der Waals surface area contributed by atoms with E-state index < -0.39 is 4.92 Å². The van der Waals surface area contributed by atoms with Gasteiger partial charge in [0.15, 0.2) is 16.9 Å². The number of non-ortho nitro benzene ring substituents is 1. The summed E-state index contributed by atoms with van der Waals surface area (Å²) in [4.78, 5) is 28.2. The van der Waals surface area contributed by atoms with Crippen molar-refractivity contribution in [3.05, 3.63) is 259 Å². The van der Waals surface area contributed by atoms with Crippen LogP contribution in [0.25, 0.3) is 54.5 Å². The fourth-order valence-electron chi connectivity index (χ4n) is 11.7. The largest absolute Gasteiger partial charge is 0.457 e. The molecule has 13 rings (SSSR count). The molecule has 0 aliphatic carbocycles. The number of aromatic nitrogens is 1. The third-order valence-corrected chi connectivity index (χ3v) is 19.0. The monoisotopic (exact) mass is 1630 g/mol. The molecule has 13 aromatic rings. The fraction of sp³-hybridized carbons (Fsp3) is 0.233. The van der Waals surface area contributed by atoms with Crippen molar-refractivity contribution in [1.82, 2.24) is 9.56 Å². The number of nitrogens with zero attached hydrogens (tertiary/aromatic N) is 11. The number of halogens is 2. The van der Waals surface area contributed by atoms with Crippen molar-refractivity contribution >= 4 is 157 Å². The summed E-state index contributed by atoms with van der Waals surface area (Å²) in [7, 11) is 16.1. The average molecular weight is 1630 g/mol. The van der Waals surface area contributed by atoms with Crippen molar-refractivity contribution in [2.45, 2.75) is 41.5 Å². The minimum absolute atomic E-state index is 0.00779. The Morgan fingerprint density at radius 3 is 1.48 bits per heavy atom. The zero-order valence-electron chi connectivity index (χ0n) is 62.6. The molecule has 0 amide bonds. The van der Waals surface area contributed by atoms with Gasteiger partial charge in [0.1, 0.15) is 47.1 Å². The highest BCUT2D eigenvalue weighted by Gasteiger charge is 2.15. The summed E-state index contributed by atoms with van der Waals surface area (Å²) in [5, 5.41) is 27.5. The molecule has 0 spiro atoms. The third-order valence-electron chi connectivity index (χ3n) is 17.6. The lowest BCUT2D eigenvalue weighted by molar-refractivity contribution is -0.384. The summed E-state index contributed by atoms with van der Waals surface area (Å²) in [6, 6.07) is 78.1. The van der Waals surface area contributed by atoms with Crippen LogP contribution in [0.5, 0.6) is 23.0 Å². The molecule has 0 unspecified atom stereocenters. The van der Waals surface area contributed by atoms with Gasteiger partial charge in [-0.2, -0.15) is 5.11 Å². The second-order valence-electron chi connectivity index (χ2n) is 25.5. The summed E-state index contributed by atoms with van der Waals surface area (Å²) in [6.45, 7) is 18.9. The van der Waals surface area contributed by atoms with E-state index in [4.69, 9.17) is 24.6 Å². The summed E-state index contributed by atoms with van der Waals surface area (Å²) in [6.07, 6.45) is 0. The molecule has 0 atom stereocenters. The number of benzene rings is 12. The molecular weight excluding hydrogens is 1530 g/mol. The summed E-state index contributed by atoms with van der Waals surface area (Å²) in [5.74, 6) is 3.03. The Morgan fingerprint density at radius 1 is 0.448 bits per heavy atom. The van der Waals surface area contributed by atoms with Crippen molar-refractivity contribution in [3.8, 4) is 23.0 Å². The second kappa shape index (κ2) is 37.8. The maximum Gasteiger partial charge on any atom is 0.269 e. The van der Waals surface area contributed by atoms with Crippen LogP contribution in [0.3, 0.4) is 0 Å². The van der Waals surface area contributed by atoms with E-state index in [1.807, 2.05) is 152 Å². The SMILES string of the molecule is CCN(CC)c1ccc2c(Oc3cc(N(C)C)ccc3N=Nc3ccc([N+](=O)[O-])cc3)cccc2c1.CCN(CC)c1ccc2c(Oc3cccc(N(C)C)c3)cccc2c1.CC[N+](CC)=c1ccc2c(ccc3nc4ccc(N(C)C)cc4oc32)c1.CN(C)c1cccc(I)c1.Nc1cccc(I)c1. The Hall–Kier alpha value is -10.5. The lowest BCUT2D eigenvalue weighted by Gasteiger charge is -2.21. The molecule has 2 N–H and O–H groups in total. The Bertz CT molecular complexity index is 5170. The summed E-state index contributed by atoms with van der Waals surface area (Å²) in [5.41, 5.74) is 17.7. The van der Waals surface area contributed by atoms with Crippen LogP contribution in [0.2, 0.25) is 0 Å². The van der Waals surface area contributed by atoms with E-state index in [-0.39, 0.29) is 5.69 Å².